The van der Waals surface area contributed by atoms with Gasteiger partial charge in [-0.25, -0.2) is 0 Å². The first kappa shape index (κ1) is 13.8. The molecule has 1 heterocycles. The van der Waals surface area contributed by atoms with E-state index >= 15 is 0 Å². The van der Waals surface area contributed by atoms with E-state index in [2.05, 4.69) is 48.7 Å². The molecule has 1 aliphatic rings. The Hall–Kier alpha value is -0.630. The predicted molar refractivity (Wildman–Crippen MR) is 83.8 cm³/mol. The van der Waals surface area contributed by atoms with Crippen LogP contribution < -0.4 is 4.90 Å². The smallest absolute Gasteiger partial charge is 0.0398 e. The van der Waals surface area contributed by atoms with Gasteiger partial charge in [-0.2, -0.15) is 12.6 Å². The fraction of sp³-hybridized carbons (Fsp3) is 0.625. The van der Waals surface area contributed by atoms with Crippen molar-refractivity contribution in [2.45, 2.75) is 39.0 Å². The summed E-state index contributed by atoms with van der Waals surface area (Å²) < 4.78 is 0. The monoisotopic (exact) mass is 263 g/mol. The summed E-state index contributed by atoms with van der Waals surface area (Å²) in [6, 6.07) is 8.91. The van der Waals surface area contributed by atoms with Crippen LogP contribution >= 0.6 is 12.6 Å². The van der Waals surface area contributed by atoms with Crippen molar-refractivity contribution in [3.05, 3.63) is 29.8 Å². The molecule has 0 spiro atoms. The van der Waals surface area contributed by atoms with Crippen LogP contribution in [-0.2, 0) is 6.42 Å². The lowest BCUT2D eigenvalue weighted by molar-refractivity contribution is 0.519. The Morgan fingerprint density at radius 3 is 2.78 bits per heavy atom. The van der Waals surface area contributed by atoms with Gasteiger partial charge in [-0.05, 0) is 42.6 Å². The average Bonchev–Trinajstić information content (AvgIpc) is 2.38. The van der Waals surface area contributed by atoms with Crippen LogP contribution in [0.4, 0.5) is 5.69 Å². The highest BCUT2D eigenvalue weighted by atomic mass is 32.1. The molecular weight excluding hydrogens is 238 g/mol. The Balaban J connectivity index is 1.88. The van der Waals surface area contributed by atoms with Crippen molar-refractivity contribution < 1.29 is 0 Å². The molecule has 1 nitrogen and oxygen atoms in total. The third-order valence-corrected chi connectivity index (χ3v) is 4.09. The normalized spacial score (nSPS) is 18.8. The third kappa shape index (κ3) is 3.68. The second-order valence-corrected chi connectivity index (χ2v) is 5.97. The molecule has 0 saturated heterocycles. The molecule has 18 heavy (non-hydrogen) atoms. The number of hydrogen-bond donors (Lipinski definition) is 1. The van der Waals surface area contributed by atoms with Crippen molar-refractivity contribution in [1.29, 1.82) is 0 Å². The Labute approximate surface area is 117 Å². The van der Waals surface area contributed by atoms with E-state index in [-0.39, 0.29) is 0 Å². The average molecular weight is 263 g/mol. The van der Waals surface area contributed by atoms with Crippen molar-refractivity contribution in [3.63, 3.8) is 0 Å². The maximum Gasteiger partial charge on any atom is 0.0398 e. The quantitative estimate of drug-likeness (QED) is 0.595. The van der Waals surface area contributed by atoms with E-state index in [1.54, 1.807) is 0 Å². The Morgan fingerprint density at radius 2 is 1.94 bits per heavy atom. The molecule has 0 radical (unpaired) electrons. The van der Waals surface area contributed by atoms with Gasteiger partial charge in [0, 0.05) is 18.8 Å². The van der Waals surface area contributed by atoms with Gasteiger partial charge in [-0.15, -0.1) is 0 Å². The van der Waals surface area contributed by atoms with Gasteiger partial charge < -0.3 is 4.90 Å². The summed E-state index contributed by atoms with van der Waals surface area (Å²) in [7, 11) is 0. The van der Waals surface area contributed by atoms with Crippen molar-refractivity contribution in [2.75, 3.05) is 23.7 Å². The summed E-state index contributed by atoms with van der Waals surface area (Å²) in [6.07, 6.45) is 6.49. The zero-order chi connectivity index (χ0) is 12.8. The molecule has 2 heteroatoms. The topological polar surface area (TPSA) is 3.24 Å². The molecule has 0 bridgehead atoms. The lowest BCUT2D eigenvalue weighted by Crippen LogP contribution is -2.34. The maximum atomic E-state index is 4.26. The van der Waals surface area contributed by atoms with E-state index in [4.69, 9.17) is 0 Å². The molecule has 0 fully saturated rings. The van der Waals surface area contributed by atoms with E-state index in [9.17, 15) is 0 Å². The van der Waals surface area contributed by atoms with Gasteiger partial charge >= 0.3 is 0 Å². The first-order valence-electron chi connectivity index (χ1n) is 7.25. The number of para-hydroxylation sites is 1. The van der Waals surface area contributed by atoms with E-state index in [0.717, 1.165) is 11.7 Å². The molecule has 1 unspecified atom stereocenters. The zero-order valence-electron chi connectivity index (χ0n) is 11.4. The lowest BCUT2D eigenvalue weighted by Gasteiger charge is -2.35. The van der Waals surface area contributed by atoms with Crippen molar-refractivity contribution >= 4 is 18.3 Å². The summed E-state index contributed by atoms with van der Waals surface area (Å²) in [5, 5.41) is 0. The van der Waals surface area contributed by atoms with Gasteiger partial charge in [-0.3, -0.25) is 0 Å². The minimum Gasteiger partial charge on any atom is -0.371 e. The number of thiol groups is 1. The molecule has 1 atom stereocenters. The van der Waals surface area contributed by atoms with E-state index in [1.165, 1.54) is 56.4 Å². The van der Waals surface area contributed by atoms with Crippen LogP contribution in [0.1, 0.15) is 38.2 Å². The molecule has 1 aromatic carbocycles. The molecule has 1 aliphatic heterocycles. The third-order valence-electron chi connectivity index (χ3n) is 3.77. The number of hydrogen-bond acceptors (Lipinski definition) is 2. The minimum absolute atomic E-state index is 0.789. The van der Waals surface area contributed by atoms with Gasteiger partial charge in [0.2, 0.25) is 0 Å². The number of fused-ring (bicyclic) bond motifs is 1. The Kier molecular flexibility index (Phi) is 5.43. The molecular formula is C16H25NS. The van der Waals surface area contributed by atoms with Crippen LogP contribution in [0.2, 0.25) is 0 Å². The molecule has 0 aliphatic carbocycles. The van der Waals surface area contributed by atoms with E-state index in [1.807, 2.05) is 0 Å². The Bertz CT molecular complexity index is 364. The molecule has 1 aromatic rings. The van der Waals surface area contributed by atoms with Crippen molar-refractivity contribution in [1.82, 2.24) is 0 Å². The molecule has 0 saturated carbocycles. The van der Waals surface area contributed by atoms with Gasteiger partial charge in [0.05, 0.1) is 0 Å². The zero-order valence-corrected chi connectivity index (χ0v) is 12.3. The number of anilines is 1. The summed E-state index contributed by atoms with van der Waals surface area (Å²) in [6.45, 7) is 4.81. The highest BCUT2D eigenvalue weighted by molar-refractivity contribution is 7.80. The standard InChI is InChI=1S/C16H25NS/c1-14-12-15-8-4-5-9-16(15)17(13-14)10-6-2-3-7-11-18/h4-5,8-9,14,18H,2-3,6-7,10-13H2,1H3. The second-order valence-electron chi connectivity index (χ2n) is 5.52. The lowest BCUT2D eigenvalue weighted by atomic mass is 9.93. The molecule has 0 aromatic heterocycles. The van der Waals surface area contributed by atoms with Crippen LogP contribution in [0.15, 0.2) is 24.3 Å². The molecule has 100 valence electrons. The SMILES string of the molecule is CC1Cc2ccccc2N(CCCCCCS)C1. The van der Waals surface area contributed by atoms with Crippen LogP contribution in [0, 0.1) is 5.92 Å². The maximum absolute atomic E-state index is 4.26. The first-order chi connectivity index (χ1) is 8.81. The fourth-order valence-electron chi connectivity index (χ4n) is 2.89. The minimum atomic E-state index is 0.789. The number of benzene rings is 1. The van der Waals surface area contributed by atoms with Crippen molar-refractivity contribution in [2.24, 2.45) is 5.92 Å². The van der Waals surface area contributed by atoms with Gasteiger partial charge in [-0.1, -0.05) is 38.0 Å². The van der Waals surface area contributed by atoms with Gasteiger partial charge in [0.25, 0.3) is 0 Å². The summed E-state index contributed by atoms with van der Waals surface area (Å²) in [5.74, 6) is 1.82. The molecule has 0 amide bonds. The predicted octanol–water partition coefficient (Wildman–Crippen LogP) is 4.18. The van der Waals surface area contributed by atoms with Crippen LogP contribution in [-0.4, -0.2) is 18.8 Å². The highest BCUT2D eigenvalue weighted by Crippen LogP contribution is 2.29. The van der Waals surface area contributed by atoms with Crippen LogP contribution in [0.3, 0.4) is 0 Å². The fourth-order valence-corrected chi connectivity index (χ4v) is 3.11. The molecule has 2 rings (SSSR count). The number of nitrogens with zero attached hydrogens (tertiary/aromatic N) is 1. The second kappa shape index (κ2) is 7.08. The largest absolute Gasteiger partial charge is 0.371 e. The number of rotatable bonds is 6. The summed E-state index contributed by atoms with van der Waals surface area (Å²) in [5.41, 5.74) is 3.01. The van der Waals surface area contributed by atoms with Gasteiger partial charge in [0.15, 0.2) is 0 Å². The van der Waals surface area contributed by atoms with Gasteiger partial charge in [0.1, 0.15) is 0 Å². The van der Waals surface area contributed by atoms with E-state index in [0.29, 0.717) is 0 Å². The van der Waals surface area contributed by atoms with Crippen molar-refractivity contribution in [3.8, 4) is 0 Å². The van der Waals surface area contributed by atoms with Crippen LogP contribution in [0.5, 0.6) is 0 Å². The highest BCUT2D eigenvalue weighted by Gasteiger charge is 2.20. The summed E-state index contributed by atoms with van der Waals surface area (Å²) in [4.78, 5) is 2.59. The van der Waals surface area contributed by atoms with Crippen LogP contribution in [0.25, 0.3) is 0 Å². The number of unbranched alkanes of at least 4 members (excludes halogenated alkanes) is 3. The van der Waals surface area contributed by atoms with E-state index < -0.39 is 0 Å². The first-order valence-corrected chi connectivity index (χ1v) is 7.88. The summed E-state index contributed by atoms with van der Waals surface area (Å²) >= 11 is 4.26. The Morgan fingerprint density at radius 1 is 1.17 bits per heavy atom. The molecule has 0 N–H and O–H groups in total.